The van der Waals surface area contributed by atoms with E-state index in [2.05, 4.69) is 5.32 Å². The van der Waals surface area contributed by atoms with Gasteiger partial charge in [0, 0.05) is 21.5 Å². The molecule has 0 radical (unpaired) electrons. The van der Waals surface area contributed by atoms with Gasteiger partial charge in [-0.1, -0.05) is 12.1 Å². The molecule has 0 aliphatic carbocycles. The molecule has 0 aliphatic rings. The summed E-state index contributed by atoms with van der Waals surface area (Å²) in [5, 5.41) is 6.07. The smallest absolute Gasteiger partial charge is 0.340 e. The van der Waals surface area contributed by atoms with E-state index in [0.29, 0.717) is 5.57 Å². The number of carbonyl (C=O) groups excluding carboxylic acids is 2. The van der Waals surface area contributed by atoms with Gasteiger partial charge < -0.3 is 10.1 Å². The summed E-state index contributed by atoms with van der Waals surface area (Å²) in [6.45, 7) is -0.551. The van der Waals surface area contributed by atoms with Gasteiger partial charge in [0.2, 0.25) is 0 Å². The van der Waals surface area contributed by atoms with Crippen molar-refractivity contribution in [2.75, 3.05) is 11.9 Å². The molecule has 1 N–H and O–H groups in total. The summed E-state index contributed by atoms with van der Waals surface area (Å²) in [6, 6.07) is 10.3. The fourth-order valence-corrected chi connectivity index (χ4v) is 3.55. The Bertz CT molecular complexity index is 967. The number of halogens is 2. The lowest BCUT2D eigenvalue weighted by Crippen LogP contribution is -2.21. The van der Waals surface area contributed by atoms with Gasteiger partial charge in [-0.05, 0) is 41.1 Å². The van der Waals surface area contributed by atoms with Gasteiger partial charge >= 0.3 is 5.97 Å². The molecule has 3 rings (SSSR count). The topological polar surface area (TPSA) is 55.4 Å². The highest BCUT2D eigenvalue weighted by molar-refractivity contribution is 7.12. The average molecular weight is 405 g/mol. The van der Waals surface area contributed by atoms with Crippen LogP contribution in [0.3, 0.4) is 0 Å². The lowest BCUT2D eigenvalue weighted by molar-refractivity contribution is -0.141. The van der Waals surface area contributed by atoms with Crippen molar-refractivity contribution >= 4 is 51.9 Å². The van der Waals surface area contributed by atoms with E-state index in [-0.39, 0.29) is 5.69 Å². The van der Waals surface area contributed by atoms with Crippen LogP contribution in [-0.2, 0) is 14.3 Å². The Morgan fingerprint density at radius 2 is 1.81 bits per heavy atom. The summed E-state index contributed by atoms with van der Waals surface area (Å²) < 4.78 is 31.2. The van der Waals surface area contributed by atoms with E-state index in [1.165, 1.54) is 28.7 Å². The van der Waals surface area contributed by atoms with Crippen LogP contribution in [0, 0.1) is 11.6 Å². The number of hydrogen-bond donors (Lipinski definition) is 1. The molecular formula is C19H13F2NO3S2. The van der Waals surface area contributed by atoms with E-state index < -0.39 is 30.1 Å². The zero-order valence-corrected chi connectivity index (χ0v) is 15.4. The van der Waals surface area contributed by atoms with Crippen LogP contribution in [-0.4, -0.2) is 18.5 Å². The molecule has 0 saturated carbocycles. The Hall–Kier alpha value is -2.84. The van der Waals surface area contributed by atoms with Crippen molar-refractivity contribution in [1.82, 2.24) is 0 Å². The Kier molecular flexibility index (Phi) is 6.10. The summed E-state index contributed by atoms with van der Waals surface area (Å²) in [5.74, 6) is -3.40. The number of benzene rings is 1. The van der Waals surface area contributed by atoms with Crippen LogP contribution in [0.5, 0.6) is 0 Å². The summed E-state index contributed by atoms with van der Waals surface area (Å²) in [7, 11) is 0. The SMILES string of the molecule is O=C(COC(=O)C(=Cc1cccs1)c1cccs1)Nc1ccc(F)c(F)c1. The minimum Gasteiger partial charge on any atom is -0.452 e. The van der Waals surface area contributed by atoms with Gasteiger partial charge in [0.05, 0.1) is 5.57 Å². The van der Waals surface area contributed by atoms with E-state index in [9.17, 15) is 18.4 Å². The summed E-state index contributed by atoms with van der Waals surface area (Å²) in [6.07, 6.45) is 1.70. The molecule has 27 heavy (non-hydrogen) atoms. The van der Waals surface area contributed by atoms with Crippen molar-refractivity contribution in [1.29, 1.82) is 0 Å². The molecule has 8 heteroatoms. The summed E-state index contributed by atoms with van der Waals surface area (Å²) >= 11 is 2.85. The highest BCUT2D eigenvalue weighted by Gasteiger charge is 2.17. The van der Waals surface area contributed by atoms with Crippen molar-refractivity contribution in [3.63, 3.8) is 0 Å². The maximum atomic E-state index is 13.2. The van der Waals surface area contributed by atoms with Gasteiger partial charge in [0.15, 0.2) is 18.2 Å². The zero-order chi connectivity index (χ0) is 19.2. The van der Waals surface area contributed by atoms with Crippen LogP contribution in [0.2, 0.25) is 0 Å². The van der Waals surface area contributed by atoms with Crippen LogP contribution >= 0.6 is 22.7 Å². The Labute approximate surface area is 161 Å². The average Bonchev–Trinajstić information content (AvgIpc) is 3.34. The third kappa shape index (κ3) is 5.08. The predicted molar refractivity (Wildman–Crippen MR) is 102 cm³/mol. The second-order valence-corrected chi connectivity index (χ2v) is 7.23. The predicted octanol–water partition coefficient (Wildman–Crippen LogP) is 4.81. The van der Waals surface area contributed by atoms with E-state index in [1.54, 1.807) is 12.1 Å². The number of ether oxygens (including phenoxy) is 1. The monoisotopic (exact) mass is 405 g/mol. The molecule has 0 atom stereocenters. The highest BCUT2D eigenvalue weighted by Crippen LogP contribution is 2.25. The number of esters is 1. The number of hydrogen-bond acceptors (Lipinski definition) is 5. The summed E-state index contributed by atoms with van der Waals surface area (Å²) in [5.41, 5.74) is 0.413. The molecule has 1 aromatic carbocycles. The van der Waals surface area contributed by atoms with Crippen molar-refractivity contribution in [2.24, 2.45) is 0 Å². The second kappa shape index (κ2) is 8.70. The minimum absolute atomic E-state index is 0.0718. The highest BCUT2D eigenvalue weighted by atomic mass is 32.1. The number of thiophene rings is 2. The number of anilines is 1. The van der Waals surface area contributed by atoms with Gasteiger partial charge in [-0.25, -0.2) is 13.6 Å². The van der Waals surface area contributed by atoms with Crippen molar-refractivity contribution in [3.8, 4) is 0 Å². The number of nitrogens with one attached hydrogen (secondary N) is 1. The van der Waals surface area contributed by atoms with Gasteiger partial charge in [-0.15, -0.1) is 22.7 Å². The van der Waals surface area contributed by atoms with Crippen LogP contribution in [0.25, 0.3) is 11.6 Å². The first-order valence-electron chi connectivity index (χ1n) is 7.74. The molecule has 138 valence electrons. The lowest BCUT2D eigenvalue weighted by Gasteiger charge is -2.08. The van der Waals surface area contributed by atoms with Crippen molar-refractivity contribution < 1.29 is 23.1 Å². The van der Waals surface area contributed by atoms with E-state index in [0.717, 1.165) is 21.9 Å². The lowest BCUT2D eigenvalue weighted by atomic mass is 10.2. The molecule has 0 unspecified atom stereocenters. The maximum Gasteiger partial charge on any atom is 0.340 e. The number of amides is 1. The quantitative estimate of drug-likeness (QED) is 0.473. The Morgan fingerprint density at radius 1 is 1.04 bits per heavy atom. The third-order valence-corrected chi connectivity index (χ3v) is 5.10. The van der Waals surface area contributed by atoms with E-state index in [4.69, 9.17) is 4.74 Å². The van der Waals surface area contributed by atoms with Crippen LogP contribution in [0.4, 0.5) is 14.5 Å². The normalized spacial score (nSPS) is 11.3. The number of carbonyl (C=O) groups is 2. The molecule has 0 saturated heterocycles. The van der Waals surface area contributed by atoms with Gasteiger partial charge in [-0.2, -0.15) is 0 Å². The fraction of sp³-hybridized carbons (Fsp3) is 0.0526. The standard InChI is InChI=1S/C19H13F2NO3S2/c20-15-6-5-12(9-16(15)21)22-18(23)11-25-19(24)14(17-4-2-8-27-17)10-13-3-1-7-26-13/h1-10H,11H2,(H,22,23). The molecule has 4 nitrogen and oxygen atoms in total. The second-order valence-electron chi connectivity index (χ2n) is 5.30. The van der Waals surface area contributed by atoms with Crippen LogP contribution < -0.4 is 5.32 Å². The summed E-state index contributed by atoms with van der Waals surface area (Å²) in [4.78, 5) is 26.0. The molecule has 0 spiro atoms. The van der Waals surface area contributed by atoms with Crippen LogP contribution in [0.15, 0.2) is 53.2 Å². The molecular weight excluding hydrogens is 392 g/mol. The Morgan fingerprint density at radius 3 is 2.48 bits per heavy atom. The Balaban J connectivity index is 1.65. The molecule has 0 aliphatic heterocycles. The van der Waals surface area contributed by atoms with Gasteiger partial charge in [0.1, 0.15) is 0 Å². The van der Waals surface area contributed by atoms with Gasteiger partial charge in [0.25, 0.3) is 5.91 Å². The first-order chi connectivity index (χ1) is 13.0. The maximum absolute atomic E-state index is 13.2. The van der Waals surface area contributed by atoms with Crippen molar-refractivity contribution in [3.05, 3.63) is 74.6 Å². The van der Waals surface area contributed by atoms with E-state index >= 15 is 0 Å². The molecule has 0 bridgehead atoms. The minimum atomic E-state index is -1.08. The zero-order valence-electron chi connectivity index (χ0n) is 13.8. The largest absolute Gasteiger partial charge is 0.452 e. The first-order valence-corrected chi connectivity index (χ1v) is 9.50. The van der Waals surface area contributed by atoms with E-state index in [1.807, 2.05) is 29.0 Å². The molecule has 3 aromatic rings. The third-order valence-electron chi connectivity index (χ3n) is 3.37. The molecule has 2 heterocycles. The molecule has 0 fully saturated rings. The van der Waals surface area contributed by atoms with Crippen molar-refractivity contribution in [2.45, 2.75) is 0 Å². The number of rotatable bonds is 6. The van der Waals surface area contributed by atoms with Crippen LogP contribution in [0.1, 0.15) is 9.75 Å². The first kappa shape index (κ1) is 18.9. The molecule has 1 amide bonds. The van der Waals surface area contributed by atoms with Gasteiger partial charge in [-0.3, -0.25) is 4.79 Å². The molecule has 2 aromatic heterocycles. The fourth-order valence-electron chi connectivity index (χ4n) is 2.16.